The van der Waals surface area contributed by atoms with Crippen molar-refractivity contribution in [3.05, 3.63) is 134 Å². The van der Waals surface area contributed by atoms with E-state index in [1.165, 1.54) is 24.4 Å². The van der Waals surface area contributed by atoms with E-state index in [-0.39, 0.29) is 77.1 Å². The maximum Gasteiger partial charge on any atom is 0.338 e. The first-order chi connectivity index (χ1) is 39.2. The van der Waals surface area contributed by atoms with Crippen LogP contribution in [-0.4, -0.2) is 105 Å². The van der Waals surface area contributed by atoms with Crippen LogP contribution in [0.2, 0.25) is 0 Å². The largest absolute Gasteiger partial charge is 0.481 e. The van der Waals surface area contributed by atoms with Gasteiger partial charge in [0, 0.05) is 88.5 Å². The molecule has 3 unspecified atom stereocenters. The zero-order chi connectivity index (χ0) is 58.9. The quantitative estimate of drug-likeness (QED) is 0.0254. The highest BCUT2D eigenvalue weighted by Crippen LogP contribution is 2.43. The number of benzene rings is 1. The summed E-state index contributed by atoms with van der Waals surface area (Å²) >= 11 is 0. The van der Waals surface area contributed by atoms with Crippen LogP contribution < -0.4 is 32.6 Å². The van der Waals surface area contributed by atoms with Crippen LogP contribution >= 0.6 is 0 Å². The van der Waals surface area contributed by atoms with Gasteiger partial charge in [0.05, 0.1) is 58.5 Å². The fourth-order valence-corrected chi connectivity index (χ4v) is 10.6. The number of nitrogens with one attached hydrogen (secondary N) is 7. The molecule has 0 fully saturated rings. The lowest BCUT2D eigenvalue weighted by Crippen LogP contribution is -2.41. The van der Waals surface area contributed by atoms with Crippen molar-refractivity contribution in [1.29, 1.82) is 0 Å². The highest BCUT2D eigenvalue weighted by Gasteiger charge is 2.34. The molecule has 8 bridgehead atoms. The molecule has 82 heavy (non-hydrogen) atoms. The van der Waals surface area contributed by atoms with Crippen molar-refractivity contribution in [2.75, 3.05) is 24.1 Å². The number of unbranched alkanes of at least 4 members (excludes halogenated alkanes) is 3. The van der Waals surface area contributed by atoms with Crippen LogP contribution in [0.3, 0.4) is 0 Å². The number of aromatic nitrogens is 7. The molecule has 0 saturated carbocycles. The van der Waals surface area contributed by atoms with Gasteiger partial charge in [-0.1, -0.05) is 39.3 Å². The molecule has 3 atom stereocenters. The number of carboxylic acid groups (broad SMARTS) is 3. The third kappa shape index (κ3) is 13.4. The summed E-state index contributed by atoms with van der Waals surface area (Å²) in [5, 5.41) is 42.3. The zero-order valence-electron chi connectivity index (χ0n) is 46.5. The molecule has 0 radical (unpaired) electrons. The topological polar surface area (TPSA) is 353 Å². The number of pyridine rings is 1. The molecule has 2 aliphatic rings. The van der Waals surface area contributed by atoms with Crippen molar-refractivity contribution < 1.29 is 44.1 Å². The summed E-state index contributed by atoms with van der Waals surface area (Å²) in [6, 6.07) is 12.3. The molecule has 6 aromatic rings. The molecule has 22 nitrogen and oxygen atoms in total. The molecular weight excluding hydrogens is 1050 g/mol. The molecule has 22 heteroatoms. The van der Waals surface area contributed by atoms with E-state index in [4.69, 9.17) is 15.7 Å². The summed E-state index contributed by atoms with van der Waals surface area (Å²) in [5.74, 6) is -5.42. The number of carbonyl (C=O) groups is 6. The minimum absolute atomic E-state index is 0.0607. The lowest BCUT2D eigenvalue weighted by Gasteiger charge is -2.18. The second-order valence-electron chi connectivity index (χ2n) is 20.7. The van der Waals surface area contributed by atoms with Crippen LogP contribution in [0.15, 0.2) is 66.1 Å². The molecule has 8 rings (SSSR count). The minimum atomic E-state index is -1.31. The third-order valence-corrected chi connectivity index (χ3v) is 15.2. The van der Waals surface area contributed by atoms with Crippen molar-refractivity contribution in [1.82, 2.24) is 50.8 Å². The van der Waals surface area contributed by atoms with Gasteiger partial charge in [0.25, 0.3) is 11.5 Å². The Morgan fingerprint density at radius 2 is 1.50 bits per heavy atom. The summed E-state index contributed by atoms with van der Waals surface area (Å²) in [4.78, 5) is 117. The first kappa shape index (κ1) is 58.7. The molecule has 7 heterocycles. The summed E-state index contributed by atoms with van der Waals surface area (Å²) in [6.45, 7) is 14.8. The Morgan fingerprint density at radius 1 is 0.817 bits per heavy atom. The Hall–Kier alpha value is -9.47. The number of aryl methyl sites for hydroxylation is 2. The Balaban J connectivity index is 0.828. The van der Waals surface area contributed by atoms with E-state index < -0.39 is 47.8 Å². The van der Waals surface area contributed by atoms with Crippen molar-refractivity contribution in [2.45, 2.75) is 123 Å². The number of amides is 3. The first-order valence-corrected chi connectivity index (χ1v) is 27.3. The third-order valence-electron chi connectivity index (χ3n) is 15.2. The predicted octanol–water partition coefficient (Wildman–Crippen LogP) is 8.19. The van der Waals surface area contributed by atoms with Crippen molar-refractivity contribution in [3.63, 3.8) is 0 Å². The van der Waals surface area contributed by atoms with Gasteiger partial charge in [-0.15, -0.1) is 0 Å². The lowest BCUT2D eigenvalue weighted by molar-refractivity contribution is -0.139. The number of hydrogen-bond acceptors (Lipinski definition) is 13. The van der Waals surface area contributed by atoms with Gasteiger partial charge in [-0.2, -0.15) is 0 Å². The number of rotatable bonds is 24. The van der Waals surface area contributed by atoms with Gasteiger partial charge < -0.3 is 57.3 Å². The van der Waals surface area contributed by atoms with Crippen LogP contribution in [0.5, 0.6) is 0 Å². The van der Waals surface area contributed by atoms with Crippen LogP contribution in [0.4, 0.5) is 11.5 Å². The van der Waals surface area contributed by atoms with Gasteiger partial charge >= 0.3 is 17.9 Å². The van der Waals surface area contributed by atoms with E-state index in [1.54, 1.807) is 25.1 Å². The number of hydrogen-bond donors (Lipinski definition) is 11. The van der Waals surface area contributed by atoms with Crippen molar-refractivity contribution in [3.8, 4) is 0 Å². The number of fused-ring (bicyclic) bond motifs is 9. The Bertz CT molecular complexity index is 3780. The van der Waals surface area contributed by atoms with E-state index in [2.05, 4.69) is 52.8 Å². The molecule has 1 aromatic carbocycles. The van der Waals surface area contributed by atoms with Crippen molar-refractivity contribution >= 4 is 97.5 Å². The summed E-state index contributed by atoms with van der Waals surface area (Å²) in [5.41, 5.74) is 16.1. The number of nitrogens with zero attached hydrogens (tertiary/aromatic N) is 4. The van der Waals surface area contributed by atoms with E-state index in [9.17, 15) is 48.9 Å². The number of aromatic amines is 3. The maximum absolute atomic E-state index is 13.5. The Kier molecular flexibility index (Phi) is 18.4. The molecule has 0 aliphatic carbocycles. The van der Waals surface area contributed by atoms with E-state index in [1.807, 2.05) is 45.9 Å². The minimum Gasteiger partial charge on any atom is -0.481 e. The number of carboxylic acids is 3. The number of anilines is 2. The lowest BCUT2D eigenvalue weighted by atomic mass is 9.85. The highest BCUT2D eigenvalue weighted by molar-refractivity contribution is 6.03. The fraction of sp³-hybridized carbons (Fsp3) is 0.350. The smallest absolute Gasteiger partial charge is 0.338 e. The SMILES string of the molecule is C=Cc1c(C)c2cc3nc(c(CC(=O)O)c4[nH]c(cc5nc(cc1[nH]2)C(C)=C5CC)c(C)c4C(=O)O)C(CCC(=O)NCCCCCCNC(=O)CCC(NC(=O)c1ccc(NCc2cnc4cc(N)[nH]c(=O)c4n2)cc1)C(=O)O)C3C. The van der Waals surface area contributed by atoms with E-state index in [0.29, 0.717) is 83.8 Å². The molecule has 428 valence electrons. The van der Waals surface area contributed by atoms with Crippen LogP contribution in [-0.2, 0) is 32.1 Å². The van der Waals surface area contributed by atoms with Crippen LogP contribution in [0.1, 0.15) is 162 Å². The number of H-pyrrole nitrogens is 3. The molecule has 12 N–H and O–H groups in total. The van der Waals surface area contributed by atoms with E-state index >= 15 is 0 Å². The molecule has 2 aliphatic heterocycles. The molecule has 5 aromatic heterocycles. The van der Waals surface area contributed by atoms with E-state index in [0.717, 1.165) is 51.8 Å². The van der Waals surface area contributed by atoms with Crippen LogP contribution in [0.25, 0.3) is 50.3 Å². The number of nitrogen functional groups attached to an aromatic ring is 1. The highest BCUT2D eigenvalue weighted by atomic mass is 16.4. The number of carbonyl (C=O) groups excluding carboxylic acids is 3. The second kappa shape index (κ2) is 25.8. The average molecular weight is 1120 g/mol. The molecule has 0 spiro atoms. The summed E-state index contributed by atoms with van der Waals surface area (Å²) in [7, 11) is 0. The maximum atomic E-state index is 13.5. The summed E-state index contributed by atoms with van der Waals surface area (Å²) < 4.78 is 0. The monoisotopic (exact) mass is 1120 g/mol. The van der Waals surface area contributed by atoms with Gasteiger partial charge in [-0.05, 0) is 118 Å². The number of allylic oxidation sites excluding steroid dienone is 2. The van der Waals surface area contributed by atoms with Crippen molar-refractivity contribution in [2.24, 2.45) is 0 Å². The summed E-state index contributed by atoms with van der Waals surface area (Å²) in [6.07, 6.45) is 6.41. The standard InChI is InChI=1S/C60H68N12O10/c1-7-37-30(3)42-24-44-32(5)39(54(69-44)40(23-52(75)76)55-53(60(81)82)33(6)45(70-55)26-47-38(8-2)31(4)43(68-47)25-46(37)67-42)17-19-50(73)62-21-11-9-10-12-22-63-51(74)20-18-41(59(79)80)71-57(77)34-13-15-35(16-14-34)64-28-36-29-65-48-27-49(61)72-58(78)56(48)66-36/h7,13-16,24-27,29,32,39,41,64,67,70H,1,8-12,17-23,28H2,2-6H3,(H,62,73)(H,63,74)(H,71,77)(H,75,76)(H,79,80)(H,81,82)(H3,61,72,78). The molecule has 0 saturated heterocycles. The Morgan fingerprint density at radius 3 is 2.16 bits per heavy atom. The predicted molar refractivity (Wildman–Crippen MR) is 313 cm³/mol. The zero-order valence-corrected chi connectivity index (χ0v) is 46.5. The number of nitrogens with two attached hydrogens (primary N) is 1. The second-order valence-corrected chi connectivity index (χ2v) is 20.7. The van der Waals surface area contributed by atoms with Gasteiger partial charge in [0.2, 0.25) is 11.8 Å². The number of aliphatic carboxylic acids is 2. The number of aromatic carboxylic acids is 1. The fourth-order valence-electron chi connectivity index (χ4n) is 10.6. The molecule has 3 amide bonds. The van der Waals surface area contributed by atoms with Gasteiger partial charge in [-0.3, -0.25) is 33.9 Å². The van der Waals surface area contributed by atoms with Gasteiger partial charge in [-0.25, -0.2) is 19.6 Å². The first-order valence-electron chi connectivity index (χ1n) is 27.3. The van der Waals surface area contributed by atoms with Gasteiger partial charge in [0.15, 0.2) is 5.52 Å². The average Bonchev–Trinajstić information content (AvgIpc) is 3.08. The van der Waals surface area contributed by atoms with Crippen LogP contribution in [0, 0.1) is 13.8 Å². The Labute approximate surface area is 471 Å². The molecular formula is C60H68N12O10. The normalized spacial score (nSPS) is 14.3. The van der Waals surface area contributed by atoms with Gasteiger partial charge in [0.1, 0.15) is 11.9 Å².